The Balaban J connectivity index is 1.96. The monoisotopic (exact) mass is 304 g/mol. The number of nitrogens with one attached hydrogen (secondary N) is 2. The number of rotatable bonds is 3. The highest BCUT2D eigenvalue weighted by Crippen LogP contribution is 2.27. The maximum absolute atomic E-state index is 12.1. The molecule has 106 valence electrons. The first-order chi connectivity index (χ1) is 10.1. The minimum absolute atomic E-state index is 0.00276. The van der Waals surface area contributed by atoms with Gasteiger partial charge in [-0.2, -0.15) is 10.1 Å². The normalized spacial score (nSPS) is 10.5. The van der Waals surface area contributed by atoms with Gasteiger partial charge in [0.15, 0.2) is 0 Å². The van der Waals surface area contributed by atoms with Crippen LogP contribution < -0.4 is 11.1 Å². The summed E-state index contributed by atoms with van der Waals surface area (Å²) in [7, 11) is 0. The van der Waals surface area contributed by atoms with Gasteiger partial charge >= 0.3 is 0 Å². The minimum Gasteiger partial charge on any atom is -0.366 e. The second kappa shape index (κ2) is 5.21. The molecule has 1 aromatic carbocycles. The molecular weight excluding hydrogens is 296 g/mol. The van der Waals surface area contributed by atoms with E-state index in [4.69, 9.17) is 17.3 Å². The molecule has 3 rings (SSSR count). The molecule has 0 aliphatic rings. The maximum Gasteiger partial charge on any atom is 0.293 e. The number of para-hydroxylation sites is 1. The number of carbonyl (C=O) groups excluding carboxylic acids is 1. The summed E-state index contributed by atoms with van der Waals surface area (Å²) in [6, 6.07) is 5.06. The Morgan fingerprint density at radius 2 is 2.29 bits per heavy atom. The van der Waals surface area contributed by atoms with Crippen LogP contribution in [0.15, 0.2) is 30.9 Å². The molecule has 9 nitrogen and oxygen atoms in total. The Kier molecular flexibility index (Phi) is 3.24. The quantitative estimate of drug-likeness (QED) is 0.659. The topological polar surface area (TPSA) is 127 Å². The van der Waals surface area contributed by atoms with Crippen molar-refractivity contribution >= 4 is 29.1 Å². The summed E-state index contributed by atoms with van der Waals surface area (Å²) in [5.74, 6) is -0.511. The first-order valence-electron chi connectivity index (χ1n) is 5.78. The standard InChI is InChI=1S/C11H9ClN8O/c12-6-2-1-3-7(8(6)20-5-14-4-15-20)16-10(21)9-17-11(13)19-18-9/h1-5H,(H,16,21)(H3,13,17,18,19). The van der Waals surface area contributed by atoms with Crippen LogP contribution in [0.4, 0.5) is 11.6 Å². The van der Waals surface area contributed by atoms with Crippen LogP contribution in [0.25, 0.3) is 5.69 Å². The van der Waals surface area contributed by atoms with Gasteiger partial charge < -0.3 is 11.1 Å². The minimum atomic E-state index is -0.497. The molecule has 0 saturated carbocycles. The molecule has 0 radical (unpaired) electrons. The van der Waals surface area contributed by atoms with Crippen molar-refractivity contribution in [2.75, 3.05) is 11.1 Å². The van der Waals surface area contributed by atoms with Gasteiger partial charge in [-0.3, -0.25) is 9.89 Å². The Bertz CT molecular complexity index is 781. The van der Waals surface area contributed by atoms with E-state index in [9.17, 15) is 4.79 Å². The molecule has 3 aromatic rings. The Morgan fingerprint density at radius 3 is 2.95 bits per heavy atom. The van der Waals surface area contributed by atoms with Gasteiger partial charge in [0.05, 0.1) is 10.7 Å². The van der Waals surface area contributed by atoms with Crippen LogP contribution in [0.2, 0.25) is 5.02 Å². The highest BCUT2D eigenvalue weighted by molar-refractivity contribution is 6.33. The van der Waals surface area contributed by atoms with Crippen molar-refractivity contribution in [1.82, 2.24) is 29.9 Å². The van der Waals surface area contributed by atoms with Crippen LogP contribution in [0.5, 0.6) is 0 Å². The number of amides is 1. The highest BCUT2D eigenvalue weighted by Gasteiger charge is 2.16. The maximum atomic E-state index is 12.1. The third-order valence-electron chi connectivity index (χ3n) is 2.60. The fraction of sp³-hybridized carbons (Fsp3) is 0. The van der Waals surface area contributed by atoms with Gasteiger partial charge in [-0.05, 0) is 12.1 Å². The van der Waals surface area contributed by atoms with Crippen molar-refractivity contribution in [1.29, 1.82) is 0 Å². The van der Waals surface area contributed by atoms with E-state index in [1.807, 2.05) is 0 Å². The summed E-state index contributed by atoms with van der Waals surface area (Å²) < 4.78 is 1.45. The first-order valence-corrected chi connectivity index (χ1v) is 6.15. The molecule has 2 aromatic heterocycles. The lowest BCUT2D eigenvalue weighted by atomic mass is 10.2. The molecule has 21 heavy (non-hydrogen) atoms. The highest BCUT2D eigenvalue weighted by atomic mass is 35.5. The summed E-state index contributed by atoms with van der Waals surface area (Å²) in [6.07, 6.45) is 2.84. The zero-order valence-electron chi connectivity index (χ0n) is 10.5. The third kappa shape index (κ3) is 2.54. The lowest BCUT2D eigenvalue weighted by Crippen LogP contribution is -2.16. The number of hydrogen-bond acceptors (Lipinski definition) is 6. The zero-order chi connectivity index (χ0) is 14.8. The molecule has 1 amide bonds. The van der Waals surface area contributed by atoms with Gasteiger partial charge in [0.1, 0.15) is 18.3 Å². The summed E-state index contributed by atoms with van der Waals surface area (Å²) in [4.78, 5) is 19.7. The summed E-state index contributed by atoms with van der Waals surface area (Å²) >= 11 is 6.16. The molecule has 0 bridgehead atoms. The first kappa shape index (κ1) is 13.1. The van der Waals surface area contributed by atoms with Crippen LogP contribution in [-0.2, 0) is 0 Å². The third-order valence-corrected chi connectivity index (χ3v) is 2.91. The smallest absolute Gasteiger partial charge is 0.293 e. The molecular formula is C11H9ClN8O. The number of benzene rings is 1. The van der Waals surface area contributed by atoms with Crippen molar-refractivity contribution < 1.29 is 4.79 Å². The molecule has 0 spiro atoms. The molecule has 0 atom stereocenters. The number of halogens is 1. The molecule has 0 saturated heterocycles. The van der Waals surface area contributed by atoms with Gasteiger partial charge in [-0.1, -0.05) is 17.7 Å². The summed E-state index contributed by atoms with van der Waals surface area (Å²) in [5, 5.41) is 13.1. The number of carbonyl (C=O) groups is 1. The van der Waals surface area contributed by atoms with Crippen LogP contribution in [-0.4, -0.2) is 35.9 Å². The van der Waals surface area contributed by atoms with Crippen molar-refractivity contribution in [3.8, 4) is 5.69 Å². The lowest BCUT2D eigenvalue weighted by molar-refractivity contribution is 0.101. The molecule has 0 fully saturated rings. The predicted octanol–water partition coefficient (Wildman–Crippen LogP) is 0.873. The average Bonchev–Trinajstić information content (AvgIpc) is 3.10. The number of aromatic amines is 1. The van der Waals surface area contributed by atoms with E-state index in [2.05, 4.69) is 30.6 Å². The number of aromatic nitrogens is 6. The predicted molar refractivity (Wildman–Crippen MR) is 75.1 cm³/mol. The van der Waals surface area contributed by atoms with E-state index in [0.29, 0.717) is 16.4 Å². The number of nitrogen functional groups attached to an aromatic ring is 1. The van der Waals surface area contributed by atoms with E-state index in [1.54, 1.807) is 18.2 Å². The van der Waals surface area contributed by atoms with Crippen molar-refractivity contribution in [2.24, 2.45) is 0 Å². The Labute approximate surface area is 123 Å². The number of hydrogen-bond donors (Lipinski definition) is 3. The second-order valence-electron chi connectivity index (χ2n) is 3.97. The SMILES string of the molecule is Nc1n[nH]c(C(=O)Nc2cccc(Cl)c2-n2cncn2)n1. The van der Waals surface area contributed by atoms with Gasteiger partial charge in [0, 0.05) is 0 Å². The average molecular weight is 305 g/mol. The van der Waals surface area contributed by atoms with Gasteiger partial charge in [0.25, 0.3) is 5.91 Å². The van der Waals surface area contributed by atoms with Gasteiger partial charge in [-0.25, -0.2) is 9.67 Å². The van der Waals surface area contributed by atoms with Crippen molar-refractivity contribution in [3.63, 3.8) is 0 Å². The largest absolute Gasteiger partial charge is 0.366 e. The molecule has 0 aliphatic heterocycles. The zero-order valence-corrected chi connectivity index (χ0v) is 11.2. The Hall–Kier alpha value is -2.94. The van der Waals surface area contributed by atoms with Crippen LogP contribution >= 0.6 is 11.6 Å². The van der Waals surface area contributed by atoms with E-state index < -0.39 is 5.91 Å². The molecule has 10 heteroatoms. The molecule has 4 N–H and O–H groups in total. The number of nitrogens with zero attached hydrogens (tertiary/aromatic N) is 5. The van der Waals surface area contributed by atoms with E-state index in [0.717, 1.165) is 0 Å². The van der Waals surface area contributed by atoms with Crippen LogP contribution in [0, 0.1) is 0 Å². The summed E-state index contributed by atoms with van der Waals surface area (Å²) in [5.41, 5.74) is 6.31. The van der Waals surface area contributed by atoms with Gasteiger partial charge in [0.2, 0.25) is 11.8 Å². The second-order valence-corrected chi connectivity index (χ2v) is 4.38. The lowest BCUT2D eigenvalue weighted by Gasteiger charge is -2.11. The number of H-pyrrole nitrogens is 1. The van der Waals surface area contributed by atoms with E-state index in [-0.39, 0.29) is 11.8 Å². The van der Waals surface area contributed by atoms with Gasteiger partial charge in [-0.15, -0.1) is 5.10 Å². The summed E-state index contributed by atoms with van der Waals surface area (Å²) in [6.45, 7) is 0. The molecule has 0 unspecified atom stereocenters. The molecule has 2 heterocycles. The van der Waals surface area contributed by atoms with E-state index in [1.165, 1.54) is 17.3 Å². The fourth-order valence-corrected chi connectivity index (χ4v) is 1.99. The van der Waals surface area contributed by atoms with Crippen molar-refractivity contribution in [2.45, 2.75) is 0 Å². The Morgan fingerprint density at radius 1 is 1.43 bits per heavy atom. The number of nitrogens with two attached hydrogens (primary N) is 1. The molecule has 0 aliphatic carbocycles. The van der Waals surface area contributed by atoms with E-state index >= 15 is 0 Å². The van der Waals surface area contributed by atoms with Crippen LogP contribution in [0.1, 0.15) is 10.6 Å². The fourth-order valence-electron chi connectivity index (χ4n) is 1.73. The number of anilines is 2. The van der Waals surface area contributed by atoms with Crippen molar-refractivity contribution in [3.05, 3.63) is 41.7 Å². The van der Waals surface area contributed by atoms with Crippen LogP contribution in [0.3, 0.4) is 0 Å².